The number of anilines is 1. The quantitative estimate of drug-likeness (QED) is 0.527. The van der Waals surface area contributed by atoms with Gasteiger partial charge in [-0.25, -0.2) is 10.6 Å². The summed E-state index contributed by atoms with van der Waals surface area (Å²) in [4.78, 5) is 25.6. The van der Waals surface area contributed by atoms with Crippen LogP contribution in [-0.2, 0) is 6.54 Å². The number of nitrogens with zero attached hydrogens (tertiary/aromatic N) is 2. The summed E-state index contributed by atoms with van der Waals surface area (Å²) in [5.41, 5.74) is -0.734. The first-order valence-electron chi connectivity index (χ1n) is 4.89. The minimum atomic E-state index is -0.414. The van der Waals surface area contributed by atoms with E-state index in [1.165, 1.54) is 15.6 Å². The standard InChI is InChI=1S/C9H16N4O2/c1-3-4-5-13-8(14)6-7(12(2)10)11-9(13)15/h6H,3-5,10H2,1-2H3,(H,11,15). The van der Waals surface area contributed by atoms with Gasteiger partial charge in [-0.1, -0.05) is 13.3 Å². The lowest BCUT2D eigenvalue weighted by Crippen LogP contribution is -2.38. The summed E-state index contributed by atoms with van der Waals surface area (Å²) in [6, 6.07) is 1.32. The number of hydrogen-bond donors (Lipinski definition) is 2. The van der Waals surface area contributed by atoms with Crippen molar-refractivity contribution in [3.63, 3.8) is 0 Å². The summed E-state index contributed by atoms with van der Waals surface area (Å²) in [6.07, 6.45) is 1.74. The van der Waals surface area contributed by atoms with Crippen LogP contribution in [0.1, 0.15) is 19.8 Å². The Bertz CT molecular complexity index is 401. The van der Waals surface area contributed by atoms with E-state index in [4.69, 9.17) is 5.84 Å². The summed E-state index contributed by atoms with van der Waals surface area (Å²) in [5, 5.41) is 1.20. The molecule has 6 heteroatoms. The Morgan fingerprint density at radius 3 is 2.67 bits per heavy atom. The number of unbranched alkanes of at least 4 members (excludes halogenated alkanes) is 1. The fraction of sp³-hybridized carbons (Fsp3) is 0.556. The lowest BCUT2D eigenvalue weighted by atomic mass is 10.3. The number of hydrazine groups is 1. The summed E-state index contributed by atoms with van der Waals surface area (Å²) < 4.78 is 1.18. The van der Waals surface area contributed by atoms with Crippen molar-refractivity contribution in [3.05, 3.63) is 26.9 Å². The van der Waals surface area contributed by atoms with Crippen LogP contribution in [0.3, 0.4) is 0 Å². The van der Waals surface area contributed by atoms with Gasteiger partial charge in [0.1, 0.15) is 5.82 Å². The highest BCUT2D eigenvalue weighted by Gasteiger charge is 2.04. The lowest BCUT2D eigenvalue weighted by molar-refractivity contribution is 0.582. The summed E-state index contributed by atoms with van der Waals surface area (Å²) in [6.45, 7) is 2.44. The van der Waals surface area contributed by atoms with E-state index in [2.05, 4.69) is 4.98 Å². The van der Waals surface area contributed by atoms with Crippen molar-refractivity contribution in [1.29, 1.82) is 0 Å². The number of nitrogens with two attached hydrogens (primary N) is 1. The number of aromatic amines is 1. The van der Waals surface area contributed by atoms with Crippen molar-refractivity contribution in [1.82, 2.24) is 9.55 Å². The van der Waals surface area contributed by atoms with E-state index in [0.717, 1.165) is 12.8 Å². The number of aromatic nitrogens is 2. The molecule has 15 heavy (non-hydrogen) atoms. The Kier molecular flexibility index (Phi) is 3.68. The third-order valence-corrected chi connectivity index (χ3v) is 2.12. The van der Waals surface area contributed by atoms with Crippen LogP contribution in [0.4, 0.5) is 5.82 Å². The molecule has 84 valence electrons. The van der Waals surface area contributed by atoms with Gasteiger partial charge in [-0.05, 0) is 6.42 Å². The highest BCUT2D eigenvalue weighted by atomic mass is 16.2. The maximum atomic E-state index is 11.5. The topological polar surface area (TPSA) is 84.1 Å². The van der Waals surface area contributed by atoms with Gasteiger partial charge in [-0.15, -0.1) is 0 Å². The van der Waals surface area contributed by atoms with E-state index in [-0.39, 0.29) is 5.56 Å². The fourth-order valence-electron chi connectivity index (χ4n) is 1.23. The van der Waals surface area contributed by atoms with E-state index < -0.39 is 5.69 Å². The van der Waals surface area contributed by atoms with Gasteiger partial charge < -0.3 is 0 Å². The molecule has 0 bridgehead atoms. The van der Waals surface area contributed by atoms with Crippen molar-refractivity contribution in [2.45, 2.75) is 26.3 Å². The average molecular weight is 212 g/mol. The zero-order valence-corrected chi connectivity index (χ0v) is 8.99. The Balaban J connectivity index is 3.11. The molecule has 1 heterocycles. The predicted octanol–water partition coefficient (Wildman–Crippen LogP) is -0.353. The summed E-state index contributed by atoms with van der Waals surface area (Å²) in [5.74, 6) is 5.73. The van der Waals surface area contributed by atoms with Gasteiger partial charge in [0.15, 0.2) is 0 Å². The molecule has 0 fully saturated rings. The van der Waals surface area contributed by atoms with Crippen LogP contribution in [0.2, 0.25) is 0 Å². The van der Waals surface area contributed by atoms with E-state index >= 15 is 0 Å². The normalized spacial score (nSPS) is 10.3. The van der Waals surface area contributed by atoms with Gasteiger partial charge in [-0.2, -0.15) is 0 Å². The van der Waals surface area contributed by atoms with Gasteiger partial charge >= 0.3 is 5.69 Å². The van der Waals surface area contributed by atoms with Crippen molar-refractivity contribution in [3.8, 4) is 0 Å². The molecule has 0 aliphatic carbocycles. The van der Waals surface area contributed by atoms with Crippen molar-refractivity contribution in [2.24, 2.45) is 5.84 Å². The van der Waals surface area contributed by atoms with Crippen LogP contribution in [0.15, 0.2) is 15.7 Å². The van der Waals surface area contributed by atoms with E-state index in [1.54, 1.807) is 7.05 Å². The van der Waals surface area contributed by atoms with E-state index in [0.29, 0.717) is 12.4 Å². The first-order chi connectivity index (χ1) is 7.06. The minimum absolute atomic E-state index is 0.317. The molecule has 0 aromatic carbocycles. The second-order valence-electron chi connectivity index (χ2n) is 3.41. The Labute approximate surface area is 87.3 Å². The van der Waals surface area contributed by atoms with E-state index in [9.17, 15) is 9.59 Å². The molecule has 0 saturated heterocycles. The van der Waals surface area contributed by atoms with Crippen molar-refractivity contribution >= 4 is 5.82 Å². The highest BCUT2D eigenvalue weighted by molar-refractivity contribution is 5.32. The van der Waals surface area contributed by atoms with Crippen LogP contribution >= 0.6 is 0 Å². The van der Waals surface area contributed by atoms with Gasteiger partial charge in [-0.3, -0.25) is 19.4 Å². The molecule has 6 nitrogen and oxygen atoms in total. The molecule has 1 aromatic rings. The maximum absolute atomic E-state index is 11.5. The second-order valence-corrected chi connectivity index (χ2v) is 3.41. The molecule has 0 unspecified atom stereocenters. The molecule has 1 rings (SSSR count). The zero-order valence-electron chi connectivity index (χ0n) is 8.99. The Hall–Kier alpha value is -1.56. The number of hydrogen-bond acceptors (Lipinski definition) is 4. The number of nitrogens with one attached hydrogen (secondary N) is 1. The second kappa shape index (κ2) is 4.79. The zero-order chi connectivity index (χ0) is 11.4. The Morgan fingerprint density at radius 2 is 2.20 bits per heavy atom. The van der Waals surface area contributed by atoms with Gasteiger partial charge in [0.25, 0.3) is 5.56 Å². The van der Waals surface area contributed by atoms with Crippen LogP contribution in [0, 0.1) is 0 Å². The predicted molar refractivity (Wildman–Crippen MR) is 58.8 cm³/mol. The third-order valence-electron chi connectivity index (χ3n) is 2.12. The van der Waals surface area contributed by atoms with Gasteiger partial charge in [0.05, 0.1) is 0 Å². The summed E-state index contributed by atoms with van der Waals surface area (Å²) in [7, 11) is 1.56. The SMILES string of the molecule is CCCCn1c(=O)cc(N(C)N)[nH]c1=O. The van der Waals surface area contributed by atoms with Gasteiger partial charge in [0.2, 0.25) is 0 Å². The molecular formula is C9H16N4O2. The van der Waals surface area contributed by atoms with Crippen LogP contribution in [0.25, 0.3) is 0 Å². The monoisotopic (exact) mass is 212 g/mol. The molecule has 0 aliphatic rings. The van der Waals surface area contributed by atoms with Crippen LogP contribution in [-0.4, -0.2) is 16.6 Å². The minimum Gasteiger partial charge on any atom is -0.299 e. The smallest absolute Gasteiger partial charge is 0.299 e. The number of rotatable bonds is 4. The molecule has 0 radical (unpaired) electrons. The highest BCUT2D eigenvalue weighted by Crippen LogP contribution is 1.96. The largest absolute Gasteiger partial charge is 0.329 e. The molecule has 1 aromatic heterocycles. The number of H-pyrrole nitrogens is 1. The molecule has 0 aliphatic heterocycles. The third kappa shape index (κ3) is 2.69. The van der Waals surface area contributed by atoms with Crippen molar-refractivity contribution < 1.29 is 0 Å². The first kappa shape index (κ1) is 11.5. The fourth-order valence-corrected chi connectivity index (χ4v) is 1.23. The van der Waals surface area contributed by atoms with Crippen LogP contribution in [0.5, 0.6) is 0 Å². The summed E-state index contributed by atoms with van der Waals surface area (Å²) >= 11 is 0. The maximum Gasteiger partial charge on any atom is 0.329 e. The van der Waals surface area contributed by atoms with E-state index in [1.807, 2.05) is 6.92 Å². The average Bonchev–Trinajstić information content (AvgIpc) is 2.16. The molecule has 0 saturated carbocycles. The molecule has 0 spiro atoms. The van der Waals surface area contributed by atoms with Crippen molar-refractivity contribution in [2.75, 3.05) is 12.1 Å². The van der Waals surface area contributed by atoms with Crippen LogP contribution < -0.4 is 22.1 Å². The molecular weight excluding hydrogens is 196 g/mol. The molecule has 3 N–H and O–H groups in total. The first-order valence-corrected chi connectivity index (χ1v) is 4.89. The Morgan fingerprint density at radius 1 is 1.53 bits per heavy atom. The lowest BCUT2D eigenvalue weighted by Gasteiger charge is -2.11. The molecule has 0 amide bonds. The van der Waals surface area contributed by atoms with Gasteiger partial charge in [0, 0.05) is 19.7 Å². The molecule has 0 atom stereocenters.